The van der Waals surface area contributed by atoms with Crippen molar-refractivity contribution >= 4 is 0 Å². The Morgan fingerprint density at radius 1 is 1.29 bits per heavy atom. The van der Waals surface area contributed by atoms with Crippen LogP contribution in [0.1, 0.15) is 33.1 Å². The summed E-state index contributed by atoms with van der Waals surface area (Å²) in [5, 5.41) is 2.92. The molecular weight excluding hydrogens is 193 g/mol. The summed E-state index contributed by atoms with van der Waals surface area (Å²) in [6, 6.07) is 0. The maximum absolute atomic E-state index is 11.7. The van der Waals surface area contributed by atoms with E-state index in [2.05, 4.69) is 5.32 Å². The van der Waals surface area contributed by atoms with E-state index in [0.717, 1.165) is 6.42 Å². The van der Waals surface area contributed by atoms with Gasteiger partial charge in [-0.3, -0.25) is 0 Å². The largest absolute Gasteiger partial charge is 0.389 e. The highest BCUT2D eigenvalue weighted by atomic mass is 19.4. The summed E-state index contributed by atoms with van der Waals surface area (Å²) in [4.78, 5) is 0. The Kier molecular flexibility index (Phi) is 5.44. The highest BCUT2D eigenvalue weighted by Gasteiger charge is 2.25. The van der Waals surface area contributed by atoms with E-state index in [4.69, 9.17) is 5.73 Å². The zero-order valence-electron chi connectivity index (χ0n) is 8.75. The first kappa shape index (κ1) is 13.7. The minimum absolute atomic E-state index is 0.114. The van der Waals surface area contributed by atoms with Gasteiger partial charge in [0.2, 0.25) is 0 Å². The lowest BCUT2D eigenvalue weighted by atomic mass is 10.0. The van der Waals surface area contributed by atoms with Gasteiger partial charge >= 0.3 is 6.18 Å². The van der Waals surface area contributed by atoms with E-state index < -0.39 is 12.6 Å². The Balaban J connectivity index is 3.39. The molecule has 0 aliphatic rings. The van der Waals surface area contributed by atoms with Gasteiger partial charge in [0.25, 0.3) is 0 Å². The second-order valence-electron chi connectivity index (χ2n) is 3.90. The van der Waals surface area contributed by atoms with Gasteiger partial charge in [-0.2, -0.15) is 13.2 Å². The first-order valence-corrected chi connectivity index (χ1v) is 4.83. The molecule has 0 aromatic carbocycles. The van der Waals surface area contributed by atoms with Gasteiger partial charge in [0.1, 0.15) is 0 Å². The van der Waals surface area contributed by atoms with Gasteiger partial charge in [0.15, 0.2) is 0 Å². The van der Waals surface area contributed by atoms with Crippen LogP contribution in [0.5, 0.6) is 0 Å². The van der Waals surface area contributed by atoms with Crippen molar-refractivity contribution in [3.05, 3.63) is 0 Å². The first-order chi connectivity index (χ1) is 6.27. The number of rotatable bonds is 6. The maximum atomic E-state index is 11.7. The molecule has 0 aromatic heterocycles. The maximum Gasteiger partial charge on any atom is 0.389 e. The number of halogens is 3. The van der Waals surface area contributed by atoms with Gasteiger partial charge in [0.05, 0.1) is 0 Å². The third-order valence-corrected chi connectivity index (χ3v) is 2.15. The number of hydrogen-bond acceptors (Lipinski definition) is 2. The second kappa shape index (κ2) is 5.56. The lowest BCUT2D eigenvalue weighted by molar-refractivity contribution is -0.135. The zero-order chi connectivity index (χ0) is 11.2. The summed E-state index contributed by atoms with van der Waals surface area (Å²) >= 11 is 0. The molecule has 86 valence electrons. The van der Waals surface area contributed by atoms with Crippen molar-refractivity contribution in [1.29, 1.82) is 0 Å². The topological polar surface area (TPSA) is 38.0 Å². The molecule has 0 heterocycles. The SMILES string of the molecule is CCC(C)(N)CNCCCC(F)(F)F. The molecule has 0 spiro atoms. The molecule has 14 heavy (non-hydrogen) atoms. The fraction of sp³-hybridized carbons (Fsp3) is 1.00. The standard InChI is InChI=1S/C9H19F3N2/c1-3-8(2,13)7-14-6-4-5-9(10,11)12/h14H,3-7,13H2,1-2H3. The Morgan fingerprint density at radius 3 is 2.29 bits per heavy atom. The van der Waals surface area contributed by atoms with Crippen LogP contribution in [-0.4, -0.2) is 24.8 Å². The minimum Gasteiger partial charge on any atom is -0.324 e. The number of nitrogens with one attached hydrogen (secondary N) is 1. The Labute approximate surface area is 83.0 Å². The molecule has 0 aliphatic carbocycles. The van der Waals surface area contributed by atoms with Crippen LogP contribution in [0.3, 0.4) is 0 Å². The predicted octanol–water partition coefficient (Wildman–Crippen LogP) is 2.05. The van der Waals surface area contributed by atoms with Crippen molar-refractivity contribution in [2.24, 2.45) is 5.73 Å². The molecule has 1 atom stereocenters. The van der Waals surface area contributed by atoms with Crippen molar-refractivity contribution in [1.82, 2.24) is 5.32 Å². The lowest BCUT2D eigenvalue weighted by Gasteiger charge is -2.23. The van der Waals surface area contributed by atoms with Crippen LogP contribution in [-0.2, 0) is 0 Å². The molecule has 2 nitrogen and oxygen atoms in total. The highest BCUT2D eigenvalue weighted by Crippen LogP contribution is 2.20. The van der Waals surface area contributed by atoms with Crippen molar-refractivity contribution in [3.63, 3.8) is 0 Å². The van der Waals surface area contributed by atoms with Crippen LogP contribution in [0.25, 0.3) is 0 Å². The van der Waals surface area contributed by atoms with E-state index in [1.165, 1.54) is 0 Å². The van der Waals surface area contributed by atoms with Crippen molar-refractivity contribution in [2.75, 3.05) is 13.1 Å². The molecule has 0 fully saturated rings. The van der Waals surface area contributed by atoms with Crippen molar-refractivity contribution in [3.8, 4) is 0 Å². The summed E-state index contributed by atoms with van der Waals surface area (Å²) < 4.78 is 35.2. The summed E-state index contributed by atoms with van der Waals surface area (Å²) in [7, 11) is 0. The second-order valence-corrected chi connectivity index (χ2v) is 3.90. The number of hydrogen-bond donors (Lipinski definition) is 2. The van der Waals surface area contributed by atoms with E-state index in [1.54, 1.807) is 0 Å². The Bertz CT molecular complexity index is 155. The van der Waals surface area contributed by atoms with E-state index >= 15 is 0 Å². The van der Waals surface area contributed by atoms with E-state index in [9.17, 15) is 13.2 Å². The Morgan fingerprint density at radius 2 is 1.86 bits per heavy atom. The monoisotopic (exact) mass is 212 g/mol. The Hall–Kier alpha value is -0.290. The smallest absolute Gasteiger partial charge is 0.324 e. The highest BCUT2D eigenvalue weighted by molar-refractivity contribution is 4.78. The average molecular weight is 212 g/mol. The van der Waals surface area contributed by atoms with Gasteiger partial charge in [-0.15, -0.1) is 0 Å². The van der Waals surface area contributed by atoms with Crippen LogP contribution < -0.4 is 11.1 Å². The summed E-state index contributed by atoms with van der Waals surface area (Å²) in [5.74, 6) is 0. The average Bonchev–Trinajstić information content (AvgIpc) is 2.01. The van der Waals surface area contributed by atoms with Crippen molar-refractivity contribution < 1.29 is 13.2 Å². The molecular formula is C9H19F3N2. The van der Waals surface area contributed by atoms with Crippen LogP contribution in [0.2, 0.25) is 0 Å². The number of alkyl halides is 3. The lowest BCUT2D eigenvalue weighted by Crippen LogP contribution is -2.45. The summed E-state index contributed by atoms with van der Waals surface area (Å²) in [6.45, 7) is 4.76. The van der Waals surface area contributed by atoms with E-state index in [1.807, 2.05) is 13.8 Å². The molecule has 0 bridgehead atoms. The molecule has 0 saturated carbocycles. The zero-order valence-corrected chi connectivity index (χ0v) is 8.75. The van der Waals surface area contributed by atoms with Gasteiger partial charge in [-0.05, 0) is 26.3 Å². The predicted molar refractivity (Wildman–Crippen MR) is 51.0 cm³/mol. The first-order valence-electron chi connectivity index (χ1n) is 4.83. The fourth-order valence-electron chi connectivity index (χ4n) is 0.913. The van der Waals surface area contributed by atoms with Crippen LogP contribution >= 0.6 is 0 Å². The summed E-state index contributed by atoms with van der Waals surface area (Å²) in [6.07, 6.45) is -3.85. The third kappa shape index (κ3) is 8.31. The van der Waals surface area contributed by atoms with Gasteiger partial charge in [-0.25, -0.2) is 0 Å². The summed E-state index contributed by atoms with van der Waals surface area (Å²) in [5.41, 5.74) is 5.48. The van der Waals surface area contributed by atoms with Crippen LogP contribution in [0.15, 0.2) is 0 Å². The van der Waals surface area contributed by atoms with Gasteiger partial charge in [0, 0.05) is 18.5 Å². The number of nitrogens with two attached hydrogens (primary N) is 1. The van der Waals surface area contributed by atoms with Gasteiger partial charge in [-0.1, -0.05) is 6.92 Å². The van der Waals surface area contributed by atoms with Crippen LogP contribution in [0.4, 0.5) is 13.2 Å². The molecule has 0 aliphatic heterocycles. The molecule has 0 rings (SSSR count). The van der Waals surface area contributed by atoms with Crippen molar-refractivity contribution in [2.45, 2.75) is 44.8 Å². The van der Waals surface area contributed by atoms with Gasteiger partial charge < -0.3 is 11.1 Å². The molecule has 0 radical (unpaired) electrons. The van der Waals surface area contributed by atoms with Crippen LogP contribution in [0, 0.1) is 0 Å². The quantitative estimate of drug-likeness (QED) is 0.661. The molecule has 0 amide bonds. The normalized spacial score (nSPS) is 16.7. The van der Waals surface area contributed by atoms with E-state index in [0.29, 0.717) is 13.1 Å². The van der Waals surface area contributed by atoms with E-state index in [-0.39, 0.29) is 12.0 Å². The molecule has 3 N–H and O–H groups in total. The minimum atomic E-state index is -4.04. The molecule has 0 aromatic rings. The molecule has 1 unspecified atom stereocenters. The fourth-order valence-corrected chi connectivity index (χ4v) is 0.913. The third-order valence-electron chi connectivity index (χ3n) is 2.15. The molecule has 0 saturated heterocycles. The molecule has 5 heteroatoms.